The molecule has 3 N–H and O–H groups in total. The summed E-state index contributed by atoms with van der Waals surface area (Å²) in [7, 11) is 0. The van der Waals surface area contributed by atoms with Crippen molar-refractivity contribution in [3.8, 4) is 0 Å². The maximum Gasteiger partial charge on any atom is 0.137 e. The number of aliphatic hydroxyl groups is 1. The quantitative estimate of drug-likeness (QED) is 0.604. The SMILES string of the molecule is Cc1sc(CO)nc1N. The molecule has 1 aromatic rings. The van der Waals surface area contributed by atoms with Crippen molar-refractivity contribution in [3.05, 3.63) is 9.88 Å². The summed E-state index contributed by atoms with van der Waals surface area (Å²) in [5.74, 6) is 0.532. The minimum Gasteiger partial charge on any atom is -0.389 e. The Morgan fingerprint density at radius 2 is 2.44 bits per heavy atom. The molecule has 0 unspecified atom stereocenters. The van der Waals surface area contributed by atoms with Crippen LogP contribution in [0.15, 0.2) is 0 Å². The monoisotopic (exact) mass is 144 g/mol. The van der Waals surface area contributed by atoms with E-state index in [0.717, 1.165) is 4.88 Å². The third kappa shape index (κ3) is 1.20. The Hall–Kier alpha value is -0.610. The second kappa shape index (κ2) is 2.33. The Balaban J connectivity index is 2.98. The fourth-order valence-corrected chi connectivity index (χ4v) is 1.24. The molecule has 1 heterocycles. The first-order valence-electron chi connectivity index (χ1n) is 2.56. The van der Waals surface area contributed by atoms with Gasteiger partial charge in [-0.2, -0.15) is 0 Å². The van der Waals surface area contributed by atoms with Gasteiger partial charge in [0.25, 0.3) is 0 Å². The fraction of sp³-hybridized carbons (Fsp3) is 0.400. The fourth-order valence-electron chi connectivity index (χ4n) is 0.533. The summed E-state index contributed by atoms with van der Waals surface area (Å²) in [5.41, 5.74) is 5.40. The number of nitrogen functional groups attached to an aromatic ring is 1. The van der Waals surface area contributed by atoms with Crippen LogP contribution in [0.5, 0.6) is 0 Å². The number of hydrogen-bond donors (Lipinski definition) is 2. The van der Waals surface area contributed by atoms with Crippen molar-refractivity contribution >= 4 is 17.2 Å². The Labute approximate surface area is 57.2 Å². The highest BCUT2D eigenvalue weighted by Gasteiger charge is 2.00. The molecule has 3 nitrogen and oxygen atoms in total. The van der Waals surface area contributed by atoms with Crippen LogP contribution in [-0.2, 0) is 6.61 Å². The van der Waals surface area contributed by atoms with Gasteiger partial charge in [0, 0.05) is 4.88 Å². The summed E-state index contributed by atoms with van der Waals surface area (Å²) in [4.78, 5) is 4.85. The van der Waals surface area contributed by atoms with E-state index in [1.54, 1.807) is 0 Å². The summed E-state index contributed by atoms with van der Waals surface area (Å²) in [6.07, 6.45) is 0. The second-order valence-electron chi connectivity index (χ2n) is 1.71. The van der Waals surface area contributed by atoms with E-state index in [-0.39, 0.29) is 6.61 Å². The van der Waals surface area contributed by atoms with Crippen molar-refractivity contribution in [1.82, 2.24) is 4.98 Å². The summed E-state index contributed by atoms with van der Waals surface area (Å²) in [6, 6.07) is 0. The summed E-state index contributed by atoms with van der Waals surface area (Å²) >= 11 is 1.43. The molecule has 0 aliphatic heterocycles. The normalized spacial score (nSPS) is 10.0. The topological polar surface area (TPSA) is 59.1 Å². The third-order valence-electron chi connectivity index (χ3n) is 1.01. The first-order valence-corrected chi connectivity index (χ1v) is 3.38. The highest BCUT2D eigenvalue weighted by Crippen LogP contribution is 2.18. The molecular weight excluding hydrogens is 136 g/mol. The lowest BCUT2D eigenvalue weighted by Gasteiger charge is -1.79. The van der Waals surface area contributed by atoms with Crippen LogP contribution in [0, 0.1) is 6.92 Å². The van der Waals surface area contributed by atoms with Gasteiger partial charge in [0.15, 0.2) is 0 Å². The zero-order valence-corrected chi connectivity index (χ0v) is 5.90. The lowest BCUT2D eigenvalue weighted by atomic mass is 10.6. The van der Waals surface area contributed by atoms with Crippen LogP contribution in [-0.4, -0.2) is 10.1 Å². The number of aromatic nitrogens is 1. The Bertz CT molecular complexity index is 189. The smallest absolute Gasteiger partial charge is 0.137 e. The number of anilines is 1. The minimum atomic E-state index is -0.0112. The van der Waals surface area contributed by atoms with E-state index < -0.39 is 0 Å². The molecular formula is C5H8N2OS. The lowest BCUT2D eigenvalue weighted by molar-refractivity contribution is 0.281. The number of hydrogen-bond acceptors (Lipinski definition) is 4. The van der Waals surface area contributed by atoms with Crippen molar-refractivity contribution in [1.29, 1.82) is 0 Å². The first kappa shape index (κ1) is 6.51. The average molecular weight is 144 g/mol. The Morgan fingerprint density at radius 1 is 1.78 bits per heavy atom. The molecule has 50 valence electrons. The molecule has 0 aromatic carbocycles. The van der Waals surface area contributed by atoms with Crippen molar-refractivity contribution in [3.63, 3.8) is 0 Å². The van der Waals surface area contributed by atoms with E-state index in [2.05, 4.69) is 4.98 Å². The summed E-state index contributed by atoms with van der Waals surface area (Å²) < 4.78 is 0. The van der Waals surface area contributed by atoms with Crippen molar-refractivity contribution < 1.29 is 5.11 Å². The largest absolute Gasteiger partial charge is 0.389 e. The molecule has 0 bridgehead atoms. The molecule has 0 saturated carbocycles. The van der Waals surface area contributed by atoms with Gasteiger partial charge in [0.1, 0.15) is 10.8 Å². The summed E-state index contributed by atoms with van der Waals surface area (Å²) in [5, 5.41) is 9.25. The molecule has 0 fully saturated rings. The van der Waals surface area contributed by atoms with Crippen LogP contribution in [0.1, 0.15) is 9.88 Å². The zero-order chi connectivity index (χ0) is 6.85. The first-order chi connectivity index (χ1) is 4.24. The molecule has 1 rings (SSSR count). The number of aryl methyl sites for hydroxylation is 1. The molecule has 4 heteroatoms. The second-order valence-corrected chi connectivity index (χ2v) is 2.99. The number of aliphatic hydroxyl groups excluding tert-OH is 1. The van der Waals surface area contributed by atoms with Gasteiger partial charge in [-0.05, 0) is 6.92 Å². The molecule has 1 aromatic heterocycles. The molecule has 0 aliphatic rings. The number of rotatable bonds is 1. The van der Waals surface area contributed by atoms with E-state index in [0.29, 0.717) is 10.8 Å². The van der Waals surface area contributed by atoms with Crippen LogP contribution in [0.25, 0.3) is 0 Å². The average Bonchev–Trinajstić information content (AvgIpc) is 2.13. The van der Waals surface area contributed by atoms with Gasteiger partial charge in [0.2, 0.25) is 0 Å². The predicted molar refractivity (Wildman–Crippen MR) is 37.2 cm³/mol. The highest BCUT2D eigenvalue weighted by molar-refractivity contribution is 7.12. The van der Waals surface area contributed by atoms with E-state index >= 15 is 0 Å². The van der Waals surface area contributed by atoms with Crippen LogP contribution in [0.3, 0.4) is 0 Å². The van der Waals surface area contributed by atoms with Crippen LogP contribution in [0.4, 0.5) is 5.82 Å². The van der Waals surface area contributed by atoms with Crippen LogP contribution >= 0.6 is 11.3 Å². The van der Waals surface area contributed by atoms with Gasteiger partial charge < -0.3 is 10.8 Å². The molecule has 0 amide bonds. The molecule has 0 saturated heterocycles. The molecule has 9 heavy (non-hydrogen) atoms. The van der Waals surface area contributed by atoms with Gasteiger partial charge in [0.05, 0.1) is 6.61 Å². The maximum absolute atomic E-state index is 8.57. The van der Waals surface area contributed by atoms with Gasteiger partial charge in [-0.3, -0.25) is 0 Å². The molecule has 0 radical (unpaired) electrons. The minimum absolute atomic E-state index is 0.0112. The zero-order valence-electron chi connectivity index (χ0n) is 5.09. The van der Waals surface area contributed by atoms with E-state index in [1.807, 2.05) is 6.92 Å². The summed E-state index contributed by atoms with van der Waals surface area (Å²) in [6.45, 7) is 1.87. The number of nitrogens with zero attached hydrogens (tertiary/aromatic N) is 1. The van der Waals surface area contributed by atoms with Crippen molar-refractivity contribution in [2.45, 2.75) is 13.5 Å². The van der Waals surface area contributed by atoms with Crippen molar-refractivity contribution in [2.24, 2.45) is 0 Å². The molecule has 0 atom stereocenters. The standard InChI is InChI=1S/C5H8N2OS/c1-3-5(6)7-4(2-8)9-3/h8H,2,6H2,1H3. The van der Waals surface area contributed by atoms with E-state index in [9.17, 15) is 0 Å². The van der Waals surface area contributed by atoms with Gasteiger partial charge >= 0.3 is 0 Å². The molecule has 0 aliphatic carbocycles. The maximum atomic E-state index is 8.57. The van der Waals surface area contributed by atoms with E-state index in [1.165, 1.54) is 11.3 Å². The molecule has 0 spiro atoms. The predicted octanol–water partition coefficient (Wildman–Crippen LogP) is 0.526. The van der Waals surface area contributed by atoms with Crippen molar-refractivity contribution in [2.75, 3.05) is 5.73 Å². The van der Waals surface area contributed by atoms with Crippen LogP contribution in [0.2, 0.25) is 0 Å². The Kier molecular flexibility index (Phi) is 1.68. The van der Waals surface area contributed by atoms with Gasteiger partial charge in [-0.15, -0.1) is 11.3 Å². The van der Waals surface area contributed by atoms with Crippen LogP contribution < -0.4 is 5.73 Å². The van der Waals surface area contributed by atoms with Gasteiger partial charge in [-0.1, -0.05) is 0 Å². The number of nitrogens with two attached hydrogens (primary N) is 1. The van der Waals surface area contributed by atoms with E-state index in [4.69, 9.17) is 10.8 Å². The highest BCUT2D eigenvalue weighted by atomic mass is 32.1. The van der Waals surface area contributed by atoms with Gasteiger partial charge in [-0.25, -0.2) is 4.98 Å². The lowest BCUT2D eigenvalue weighted by Crippen LogP contribution is -1.87. The third-order valence-corrected chi connectivity index (χ3v) is 1.98. The Morgan fingerprint density at radius 3 is 2.67 bits per heavy atom. The number of thiazole rings is 1.